The molecule has 1 unspecified atom stereocenters. The molecule has 1 rings (SSSR count). The van der Waals surface area contributed by atoms with Crippen LogP contribution in [0.25, 0.3) is 0 Å². The van der Waals surface area contributed by atoms with E-state index in [-0.39, 0.29) is 24.7 Å². The Morgan fingerprint density at radius 2 is 1.81 bits per heavy atom. The van der Waals surface area contributed by atoms with Gasteiger partial charge in [0.1, 0.15) is 5.82 Å². The van der Waals surface area contributed by atoms with E-state index in [0.717, 1.165) is 0 Å². The second-order valence-corrected chi connectivity index (χ2v) is 5.89. The molecule has 0 saturated heterocycles. The Hall–Kier alpha value is -2.11. The smallest absolute Gasteiger partial charge is 0.315 e. The van der Waals surface area contributed by atoms with Gasteiger partial charge in [-0.25, -0.2) is 9.18 Å². The van der Waals surface area contributed by atoms with E-state index in [2.05, 4.69) is 10.6 Å². The van der Waals surface area contributed by atoms with E-state index in [1.807, 2.05) is 20.8 Å². The molecular formula is C15H21FN2O3. The molecule has 0 saturated carbocycles. The maximum Gasteiger partial charge on any atom is 0.315 e. The van der Waals surface area contributed by atoms with E-state index in [4.69, 9.17) is 5.11 Å². The molecule has 2 amide bonds. The number of carboxylic acid groups (broad SMARTS) is 1. The lowest BCUT2D eigenvalue weighted by atomic mass is 10.0. The fourth-order valence-electron chi connectivity index (χ4n) is 1.82. The zero-order valence-electron chi connectivity index (χ0n) is 12.4. The summed E-state index contributed by atoms with van der Waals surface area (Å²) in [5.41, 5.74) is 0.270. The number of benzene rings is 1. The van der Waals surface area contributed by atoms with E-state index in [1.54, 1.807) is 12.1 Å². The predicted octanol–water partition coefficient (Wildman–Crippen LogP) is 2.83. The highest BCUT2D eigenvalue weighted by atomic mass is 19.1. The molecule has 0 radical (unpaired) electrons. The Bertz CT molecular complexity index is 495. The summed E-state index contributed by atoms with van der Waals surface area (Å²) in [7, 11) is 0. The Morgan fingerprint density at radius 1 is 1.24 bits per heavy atom. The molecule has 0 aromatic heterocycles. The lowest BCUT2D eigenvalue weighted by molar-refractivity contribution is -0.137. The lowest BCUT2D eigenvalue weighted by Crippen LogP contribution is -2.47. The van der Waals surface area contributed by atoms with Gasteiger partial charge in [0, 0.05) is 12.0 Å². The summed E-state index contributed by atoms with van der Waals surface area (Å²) in [6, 6.07) is 4.78. The number of rotatable bonds is 5. The molecule has 1 atom stereocenters. The van der Waals surface area contributed by atoms with Crippen LogP contribution in [-0.2, 0) is 4.79 Å². The van der Waals surface area contributed by atoms with Crippen molar-refractivity contribution < 1.29 is 19.1 Å². The van der Waals surface area contributed by atoms with Crippen LogP contribution in [0.4, 0.5) is 9.18 Å². The van der Waals surface area contributed by atoms with Crippen LogP contribution < -0.4 is 10.6 Å². The first kappa shape index (κ1) is 16.9. The topological polar surface area (TPSA) is 78.4 Å². The van der Waals surface area contributed by atoms with Crippen LogP contribution >= 0.6 is 0 Å². The molecule has 0 fully saturated rings. The van der Waals surface area contributed by atoms with Gasteiger partial charge in [-0.2, -0.15) is 0 Å². The van der Waals surface area contributed by atoms with Gasteiger partial charge >= 0.3 is 12.0 Å². The molecule has 0 heterocycles. The monoisotopic (exact) mass is 296 g/mol. The van der Waals surface area contributed by atoms with Gasteiger partial charge in [-0.15, -0.1) is 0 Å². The second-order valence-electron chi connectivity index (χ2n) is 5.89. The molecule has 6 heteroatoms. The summed E-state index contributed by atoms with van der Waals surface area (Å²) >= 11 is 0. The summed E-state index contributed by atoms with van der Waals surface area (Å²) in [6.45, 7) is 5.53. The molecule has 3 N–H and O–H groups in total. The van der Waals surface area contributed by atoms with Gasteiger partial charge < -0.3 is 15.7 Å². The first-order chi connectivity index (χ1) is 9.67. The lowest BCUT2D eigenvalue weighted by Gasteiger charge is -2.24. The number of carbonyl (C=O) groups is 2. The third-order valence-corrected chi connectivity index (χ3v) is 2.71. The van der Waals surface area contributed by atoms with E-state index in [0.29, 0.717) is 5.56 Å². The molecule has 0 aliphatic heterocycles. The summed E-state index contributed by atoms with van der Waals surface area (Å²) in [5, 5.41) is 14.3. The average Bonchev–Trinajstić information content (AvgIpc) is 2.33. The van der Waals surface area contributed by atoms with Gasteiger partial charge in [0.2, 0.25) is 0 Å². The third-order valence-electron chi connectivity index (χ3n) is 2.71. The molecule has 21 heavy (non-hydrogen) atoms. The first-order valence-corrected chi connectivity index (χ1v) is 6.73. The van der Waals surface area contributed by atoms with Crippen LogP contribution in [0.15, 0.2) is 24.3 Å². The molecular weight excluding hydrogens is 275 g/mol. The highest BCUT2D eigenvalue weighted by Gasteiger charge is 2.19. The molecule has 0 bridgehead atoms. The van der Waals surface area contributed by atoms with Gasteiger partial charge in [0.05, 0.1) is 6.04 Å². The van der Waals surface area contributed by atoms with Crippen molar-refractivity contribution in [1.82, 2.24) is 10.6 Å². The molecule has 0 aliphatic carbocycles. The van der Waals surface area contributed by atoms with Gasteiger partial charge in [-0.05, 0) is 44.9 Å². The number of halogens is 1. The molecule has 1 aromatic carbocycles. The highest BCUT2D eigenvalue weighted by Crippen LogP contribution is 2.19. The minimum atomic E-state index is -0.944. The number of carbonyl (C=O) groups excluding carboxylic acids is 1. The Balaban J connectivity index is 2.79. The number of hydrogen-bond acceptors (Lipinski definition) is 2. The number of carboxylic acids is 1. The molecule has 116 valence electrons. The molecule has 0 spiro atoms. The van der Waals surface area contributed by atoms with Crippen molar-refractivity contribution in [2.24, 2.45) is 0 Å². The maximum atomic E-state index is 13.0. The first-order valence-electron chi connectivity index (χ1n) is 6.73. The summed E-state index contributed by atoms with van der Waals surface area (Å²) in [4.78, 5) is 22.6. The third kappa shape index (κ3) is 6.74. The van der Waals surface area contributed by atoms with Crippen LogP contribution in [0.5, 0.6) is 0 Å². The van der Waals surface area contributed by atoms with Crippen LogP contribution in [0, 0.1) is 5.82 Å². The zero-order chi connectivity index (χ0) is 16.0. The fourth-order valence-corrected chi connectivity index (χ4v) is 1.82. The summed E-state index contributed by atoms with van der Waals surface area (Å²) in [5.74, 6) is -1.32. The second kappa shape index (κ2) is 7.06. The number of urea groups is 1. The van der Waals surface area contributed by atoms with Gasteiger partial charge in [0.15, 0.2) is 0 Å². The van der Waals surface area contributed by atoms with Crippen LogP contribution in [0.2, 0.25) is 0 Å². The highest BCUT2D eigenvalue weighted by molar-refractivity contribution is 5.75. The average molecular weight is 296 g/mol. The number of nitrogens with one attached hydrogen (secondary N) is 2. The van der Waals surface area contributed by atoms with E-state index in [9.17, 15) is 14.0 Å². The number of amides is 2. The largest absolute Gasteiger partial charge is 0.481 e. The van der Waals surface area contributed by atoms with E-state index in [1.165, 1.54) is 12.1 Å². The summed E-state index contributed by atoms with van der Waals surface area (Å²) in [6.07, 6.45) is 0.149. The standard InChI is InChI=1S/C15H21FN2O3/c1-15(2,3)18-14(21)17-12(8-9-13(19)20)10-4-6-11(16)7-5-10/h4-7,12H,8-9H2,1-3H3,(H,19,20)(H2,17,18,21). The zero-order valence-corrected chi connectivity index (χ0v) is 12.4. The van der Waals surface area contributed by atoms with Crippen molar-refractivity contribution in [3.8, 4) is 0 Å². The quantitative estimate of drug-likeness (QED) is 0.781. The molecule has 1 aromatic rings. The fraction of sp³-hybridized carbons (Fsp3) is 0.467. The maximum absolute atomic E-state index is 13.0. The van der Waals surface area contributed by atoms with Crippen LogP contribution in [0.3, 0.4) is 0 Å². The number of aliphatic carboxylic acids is 1. The van der Waals surface area contributed by atoms with Crippen molar-refractivity contribution in [3.05, 3.63) is 35.6 Å². The van der Waals surface area contributed by atoms with Gasteiger partial charge in [0.25, 0.3) is 0 Å². The minimum absolute atomic E-state index is 0.0855. The molecule has 0 aliphatic rings. The Labute approximate surface area is 123 Å². The minimum Gasteiger partial charge on any atom is -0.481 e. The van der Waals surface area contributed by atoms with E-state index < -0.39 is 17.6 Å². The molecule has 5 nitrogen and oxygen atoms in total. The van der Waals surface area contributed by atoms with Gasteiger partial charge in [-0.1, -0.05) is 12.1 Å². The van der Waals surface area contributed by atoms with Crippen molar-refractivity contribution in [2.45, 2.75) is 45.2 Å². The Morgan fingerprint density at radius 3 is 2.29 bits per heavy atom. The Kier molecular flexibility index (Phi) is 5.69. The summed E-state index contributed by atoms with van der Waals surface area (Å²) < 4.78 is 13.0. The van der Waals surface area contributed by atoms with Crippen LogP contribution in [-0.4, -0.2) is 22.6 Å². The SMILES string of the molecule is CC(C)(C)NC(=O)NC(CCC(=O)O)c1ccc(F)cc1. The van der Waals surface area contributed by atoms with Gasteiger partial charge in [-0.3, -0.25) is 4.79 Å². The van der Waals surface area contributed by atoms with Crippen molar-refractivity contribution in [2.75, 3.05) is 0 Å². The predicted molar refractivity (Wildman–Crippen MR) is 77.4 cm³/mol. The van der Waals surface area contributed by atoms with E-state index >= 15 is 0 Å². The van der Waals surface area contributed by atoms with Crippen molar-refractivity contribution in [1.29, 1.82) is 0 Å². The number of hydrogen-bond donors (Lipinski definition) is 3. The van der Waals surface area contributed by atoms with Crippen molar-refractivity contribution >= 4 is 12.0 Å². The van der Waals surface area contributed by atoms with Crippen molar-refractivity contribution in [3.63, 3.8) is 0 Å². The van der Waals surface area contributed by atoms with Crippen LogP contribution in [0.1, 0.15) is 45.2 Å². The normalized spacial score (nSPS) is 12.6.